The van der Waals surface area contributed by atoms with E-state index in [0.717, 1.165) is 17.2 Å². The Hall–Kier alpha value is -3.26. The number of alkyl halides is 3. The number of halogens is 3. The zero-order chi connectivity index (χ0) is 22.3. The Morgan fingerprint density at radius 3 is 2.39 bits per heavy atom. The predicted octanol–water partition coefficient (Wildman–Crippen LogP) is 3.64. The van der Waals surface area contributed by atoms with Gasteiger partial charge in [-0.2, -0.15) is 13.2 Å². The summed E-state index contributed by atoms with van der Waals surface area (Å²) < 4.78 is 40.6. The number of benzene rings is 1. The van der Waals surface area contributed by atoms with Crippen LogP contribution in [-0.2, 0) is 30.2 Å². The van der Waals surface area contributed by atoms with Gasteiger partial charge in [0.1, 0.15) is 6.04 Å². The van der Waals surface area contributed by atoms with Gasteiger partial charge in [0.15, 0.2) is 0 Å². The first kappa shape index (κ1) is 22.4. The van der Waals surface area contributed by atoms with Crippen LogP contribution in [0.5, 0.6) is 0 Å². The monoisotopic (exact) mass is 428 g/mol. The Balaban J connectivity index is 1.79. The Morgan fingerprint density at radius 2 is 1.74 bits per heavy atom. The first-order chi connectivity index (χ1) is 14.8. The summed E-state index contributed by atoms with van der Waals surface area (Å²) in [6.45, 7) is 0.423. The average molecular weight is 428 g/mol. The highest BCUT2D eigenvalue weighted by molar-refractivity contribution is 5.81. The van der Waals surface area contributed by atoms with Gasteiger partial charge in [-0.3, -0.25) is 14.8 Å². The van der Waals surface area contributed by atoms with E-state index in [4.69, 9.17) is 5.73 Å². The molecule has 3 N–H and O–H groups in total. The van der Waals surface area contributed by atoms with Crippen molar-refractivity contribution in [1.29, 1.82) is 0 Å². The van der Waals surface area contributed by atoms with Crippen LogP contribution in [0.3, 0.4) is 0 Å². The van der Waals surface area contributed by atoms with E-state index in [-0.39, 0.29) is 12.0 Å². The van der Waals surface area contributed by atoms with Crippen LogP contribution in [0.1, 0.15) is 33.9 Å². The molecule has 5 nitrogen and oxygen atoms in total. The lowest BCUT2D eigenvalue weighted by atomic mass is 9.94. The number of carbonyl (C=O) groups excluding carboxylic acids is 1. The van der Waals surface area contributed by atoms with Gasteiger partial charge in [-0.15, -0.1) is 0 Å². The zero-order valence-electron chi connectivity index (χ0n) is 16.8. The topological polar surface area (TPSA) is 80.9 Å². The molecule has 8 heteroatoms. The fourth-order valence-electron chi connectivity index (χ4n) is 3.39. The Labute approximate surface area is 178 Å². The number of nitrogens with zero attached hydrogens (tertiary/aromatic N) is 2. The summed E-state index contributed by atoms with van der Waals surface area (Å²) in [5, 5.41) is 3.05. The molecule has 0 aliphatic carbocycles. The number of hydrogen-bond acceptors (Lipinski definition) is 4. The van der Waals surface area contributed by atoms with Crippen molar-refractivity contribution in [2.24, 2.45) is 5.73 Å². The highest BCUT2D eigenvalue weighted by atomic mass is 19.4. The zero-order valence-corrected chi connectivity index (χ0v) is 16.8. The van der Waals surface area contributed by atoms with Crippen molar-refractivity contribution in [3.8, 4) is 0 Å². The molecule has 2 heterocycles. The highest BCUT2D eigenvalue weighted by Crippen LogP contribution is 2.34. The van der Waals surface area contributed by atoms with Crippen LogP contribution in [0.2, 0.25) is 0 Å². The molecule has 1 amide bonds. The number of aromatic nitrogens is 2. The third kappa shape index (κ3) is 6.36. The van der Waals surface area contributed by atoms with E-state index in [9.17, 15) is 18.0 Å². The largest absolute Gasteiger partial charge is 0.416 e. The van der Waals surface area contributed by atoms with Gasteiger partial charge in [0.05, 0.1) is 5.56 Å². The number of aryl methyl sites for hydroxylation is 2. The summed E-state index contributed by atoms with van der Waals surface area (Å²) in [6, 6.07) is 10.1. The summed E-state index contributed by atoms with van der Waals surface area (Å²) >= 11 is 0. The van der Waals surface area contributed by atoms with E-state index in [1.54, 1.807) is 36.9 Å². The minimum atomic E-state index is -4.48. The van der Waals surface area contributed by atoms with Crippen molar-refractivity contribution in [3.05, 3.63) is 95.1 Å². The number of nitrogens with one attached hydrogen (secondary N) is 1. The molecule has 1 aromatic carbocycles. The molecule has 1 unspecified atom stereocenters. The van der Waals surface area contributed by atoms with E-state index in [0.29, 0.717) is 24.9 Å². The lowest BCUT2D eigenvalue weighted by molar-refractivity contribution is -0.138. The summed E-state index contributed by atoms with van der Waals surface area (Å²) in [6.07, 6.45) is 3.31. The third-order valence-electron chi connectivity index (χ3n) is 4.97. The van der Waals surface area contributed by atoms with Gasteiger partial charge in [-0.25, -0.2) is 0 Å². The van der Waals surface area contributed by atoms with Crippen molar-refractivity contribution < 1.29 is 18.0 Å². The molecule has 1 atom stereocenters. The smallest absolute Gasteiger partial charge is 0.368 e. The number of nitrogens with two attached hydrogens (primary N) is 1. The molecule has 0 saturated carbocycles. The van der Waals surface area contributed by atoms with Crippen molar-refractivity contribution in [3.63, 3.8) is 0 Å². The number of primary amides is 1. The molecule has 2 aromatic heterocycles. The van der Waals surface area contributed by atoms with E-state index >= 15 is 0 Å². The number of hydrogen-bond donors (Lipinski definition) is 2. The van der Waals surface area contributed by atoms with E-state index in [1.807, 2.05) is 12.1 Å². The minimum absolute atomic E-state index is 0.127. The number of pyridine rings is 2. The minimum Gasteiger partial charge on any atom is -0.368 e. The molecule has 162 valence electrons. The molecule has 3 rings (SSSR count). The van der Waals surface area contributed by atoms with E-state index < -0.39 is 23.7 Å². The van der Waals surface area contributed by atoms with Gasteiger partial charge in [0, 0.05) is 31.3 Å². The van der Waals surface area contributed by atoms with Crippen LogP contribution >= 0.6 is 0 Å². The SMILES string of the molecule is NC(=O)C(NCCc1cccnc1)c1ccc(C(F)(F)F)c(CCc2ccncc2)c1. The maximum absolute atomic E-state index is 13.5. The molecule has 0 fully saturated rings. The number of rotatable bonds is 9. The Kier molecular flexibility index (Phi) is 7.36. The maximum atomic E-state index is 13.5. The first-order valence-corrected chi connectivity index (χ1v) is 9.85. The van der Waals surface area contributed by atoms with Gasteiger partial charge in [-0.1, -0.05) is 18.2 Å². The summed E-state index contributed by atoms with van der Waals surface area (Å²) in [5.41, 5.74) is 7.24. The lowest BCUT2D eigenvalue weighted by Crippen LogP contribution is -2.35. The van der Waals surface area contributed by atoms with Gasteiger partial charge in [0.2, 0.25) is 5.91 Å². The normalized spacial score (nSPS) is 12.5. The molecule has 0 saturated heterocycles. The van der Waals surface area contributed by atoms with Crippen LogP contribution in [0.4, 0.5) is 13.2 Å². The van der Waals surface area contributed by atoms with Gasteiger partial charge < -0.3 is 11.1 Å². The summed E-state index contributed by atoms with van der Waals surface area (Å²) in [5.74, 6) is -0.647. The molecular weight excluding hydrogens is 405 g/mol. The number of carbonyl (C=O) groups is 1. The molecule has 3 aromatic rings. The average Bonchev–Trinajstić information content (AvgIpc) is 2.75. The predicted molar refractivity (Wildman–Crippen MR) is 111 cm³/mol. The van der Waals surface area contributed by atoms with Gasteiger partial charge in [-0.05, 0) is 65.8 Å². The fraction of sp³-hybridized carbons (Fsp3) is 0.261. The molecule has 31 heavy (non-hydrogen) atoms. The fourth-order valence-corrected chi connectivity index (χ4v) is 3.39. The van der Waals surface area contributed by atoms with Crippen LogP contribution in [0.25, 0.3) is 0 Å². The van der Waals surface area contributed by atoms with Crippen LogP contribution in [0, 0.1) is 0 Å². The molecule has 0 spiro atoms. The second kappa shape index (κ2) is 10.2. The highest BCUT2D eigenvalue weighted by Gasteiger charge is 2.33. The van der Waals surface area contributed by atoms with E-state index in [2.05, 4.69) is 15.3 Å². The van der Waals surface area contributed by atoms with Gasteiger partial charge >= 0.3 is 6.18 Å². The van der Waals surface area contributed by atoms with Crippen LogP contribution < -0.4 is 11.1 Å². The molecular formula is C23H23F3N4O. The standard InChI is InChI=1S/C23H23F3N4O/c24-23(25,26)20-6-5-19(14-18(20)4-3-16-7-11-28-12-8-16)21(22(27)31)30-13-9-17-2-1-10-29-15-17/h1-2,5-8,10-12,14-15,21,30H,3-4,9,13H2,(H2,27,31). The van der Waals surface area contributed by atoms with Crippen molar-refractivity contribution in [1.82, 2.24) is 15.3 Å². The Morgan fingerprint density at radius 1 is 0.968 bits per heavy atom. The quantitative estimate of drug-likeness (QED) is 0.545. The number of amides is 1. The van der Waals surface area contributed by atoms with Crippen molar-refractivity contribution >= 4 is 5.91 Å². The molecule has 0 bridgehead atoms. The van der Waals surface area contributed by atoms with E-state index in [1.165, 1.54) is 12.1 Å². The lowest BCUT2D eigenvalue weighted by Gasteiger charge is -2.19. The summed E-state index contributed by atoms with van der Waals surface area (Å²) in [4.78, 5) is 20.0. The van der Waals surface area contributed by atoms with Crippen LogP contribution in [-0.4, -0.2) is 22.4 Å². The summed E-state index contributed by atoms with van der Waals surface area (Å²) in [7, 11) is 0. The molecule has 0 aliphatic rings. The molecule has 0 radical (unpaired) electrons. The van der Waals surface area contributed by atoms with Gasteiger partial charge in [0.25, 0.3) is 0 Å². The second-order valence-corrected chi connectivity index (χ2v) is 7.17. The van der Waals surface area contributed by atoms with Crippen molar-refractivity contribution in [2.75, 3.05) is 6.54 Å². The van der Waals surface area contributed by atoms with Crippen LogP contribution in [0.15, 0.2) is 67.3 Å². The Bertz CT molecular complexity index is 995. The first-order valence-electron chi connectivity index (χ1n) is 9.85. The maximum Gasteiger partial charge on any atom is 0.416 e. The molecule has 0 aliphatic heterocycles. The third-order valence-corrected chi connectivity index (χ3v) is 4.97. The second-order valence-electron chi connectivity index (χ2n) is 7.17. The van der Waals surface area contributed by atoms with Crippen molar-refractivity contribution in [2.45, 2.75) is 31.5 Å².